The third kappa shape index (κ3) is 12.5. The Kier molecular flexibility index (Phi) is 16.5. The lowest BCUT2D eigenvalue weighted by atomic mass is 9.93. The fourth-order valence-electron chi connectivity index (χ4n) is 6.09. The molecule has 4 atom stereocenters. The van der Waals surface area contributed by atoms with Gasteiger partial charge in [-0.3, -0.25) is 24.0 Å². The van der Waals surface area contributed by atoms with Gasteiger partial charge in [-0.1, -0.05) is 44.7 Å². The maximum atomic E-state index is 14.2. The summed E-state index contributed by atoms with van der Waals surface area (Å²) < 4.78 is 0. The van der Waals surface area contributed by atoms with E-state index in [2.05, 4.69) is 28.2 Å². The van der Waals surface area contributed by atoms with E-state index < -0.39 is 53.9 Å². The number of nitrogens with zero attached hydrogens (tertiary/aromatic N) is 1. The fraction of sp³-hybridized carbons (Fsp3) is 0.514. The lowest BCUT2D eigenvalue weighted by Crippen LogP contribution is -2.58. The molecule has 53 heavy (non-hydrogen) atoms. The molecule has 0 aromatic heterocycles. The first-order valence-corrected chi connectivity index (χ1v) is 18.0. The zero-order chi connectivity index (χ0) is 39.1. The van der Waals surface area contributed by atoms with Crippen molar-refractivity contribution in [1.29, 1.82) is 0 Å². The molecule has 0 saturated carbocycles. The van der Waals surface area contributed by atoms with E-state index in [4.69, 9.17) is 11.5 Å². The molecule has 0 unspecified atom stereocenters. The molecule has 290 valence electrons. The van der Waals surface area contributed by atoms with E-state index in [-0.39, 0.29) is 59.9 Å². The van der Waals surface area contributed by atoms with Gasteiger partial charge >= 0.3 is 5.97 Å². The Morgan fingerprint density at radius 1 is 0.887 bits per heavy atom. The van der Waals surface area contributed by atoms with E-state index >= 15 is 0 Å². The van der Waals surface area contributed by atoms with E-state index in [9.17, 15) is 44.1 Å². The number of unbranched alkanes of at least 4 members (excludes halogenated alkanes) is 5. The summed E-state index contributed by atoms with van der Waals surface area (Å²) in [5, 5.41) is 41.6. The molecule has 2 aromatic rings. The van der Waals surface area contributed by atoms with Crippen LogP contribution in [0.3, 0.4) is 0 Å². The lowest BCUT2D eigenvalue weighted by Gasteiger charge is -2.32. The molecular weight excluding hydrogens is 686 g/mol. The minimum Gasteiger partial charge on any atom is -0.507 e. The molecule has 1 aliphatic rings. The SMILES string of the molecule is CCCCCCCC(=O)NCCC(=O)N[C@@H](CCCCN)C(=O)N(C)[C@@H]1C(=O)N[C@@H](N)C(=O)N[C@H](C(=O)O)Cc2ccc(O)c(c2)-c2cc1ccc2O. The van der Waals surface area contributed by atoms with Gasteiger partial charge in [0.25, 0.3) is 5.91 Å². The second kappa shape index (κ2) is 20.7. The van der Waals surface area contributed by atoms with Crippen LogP contribution in [-0.4, -0.2) is 94.1 Å². The second-order valence-electron chi connectivity index (χ2n) is 13.2. The number of fused-ring (bicyclic) bond motifs is 5. The molecule has 0 saturated heterocycles. The Hall–Kier alpha value is -5.22. The number of nitrogens with one attached hydrogen (secondary N) is 4. The Morgan fingerprint density at radius 3 is 2.25 bits per heavy atom. The van der Waals surface area contributed by atoms with Gasteiger partial charge in [-0.05, 0) is 67.6 Å². The number of nitrogens with two attached hydrogens (primary N) is 2. The topological polar surface area (TPSA) is 267 Å². The number of carboxylic acid groups (broad SMARTS) is 1. The smallest absolute Gasteiger partial charge is 0.326 e. The van der Waals surface area contributed by atoms with E-state index in [0.717, 1.165) is 37.0 Å². The molecule has 11 N–H and O–H groups in total. The van der Waals surface area contributed by atoms with Crippen LogP contribution in [0.15, 0.2) is 36.4 Å². The number of hydrogen-bond donors (Lipinski definition) is 9. The minimum atomic E-state index is -1.73. The normalized spacial score (nSPS) is 17.8. The van der Waals surface area contributed by atoms with E-state index in [0.29, 0.717) is 31.4 Å². The summed E-state index contributed by atoms with van der Waals surface area (Å²) in [5.41, 5.74) is 12.4. The summed E-state index contributed by atoms with van der Waals surface area (Å²) >= 11 is 0. The molecule has 0 fully saturated rings. The molecule has 16 heteroatoms. The Bertz CT molecular complexity index is 1620. The molecule has 4 bridgehead atoms. The van der Waals surface area contributed by atoms with Crippen LogP contribution in [0.1, 0.15) is 88.3 Å². The molecule has 5 amide bonds. The molecule has 2 aromatic carbocycles. The first-order chi connectivity index (χ1) is 25.3. The van der Waals surface area contributed by atoms with Crippen LogP contribution in [0.5, 0.6) is 11.5 Å². The predicted molar refractivity (Wildman–Crippen MR) is 196 cm³/mol. The van der Waals surface area contributed by atoms with Crippen molar-refractivity contribution in [3.05, 3.63) is 47.5 Å². The third-order valence-corrected chi connectivity index (χ3v) is 9.07. The van der Waals surface area contributed by atoms with Crippen LogP contribution < -0.4 is 32.7 Å². The van der Waals surface area contributed by atoms with E-state index in [1.807, 2.05) is 0 Å². The van der Waals surface area contributed by atoms with Crippen molar-refractivity contribution >= 4 is 35.5 Å². The van der Waals surface area contributed by atoms with Gasteiger partial charge in [-0.2, -0.15) is 0 Å². The summed E-state index contributed by atoms with van der Waals surface area (Å²) in [7, 11) is 1.33. The van der Waals surface area contributed by atoms with Gasteiger partial charge in [0.1, 0.15) is 29.6 Å². The number of phenolic OH excluding ortho intramolecular Hbond substituents is 2. The van der Waals surface area contributed by atoms with Gasteiger partial charge in [0.2, 0.25) is 23.6 Å². The highest BCUT2D eigenvalue weighted by molar-refractivity contribution is 5.96. The number of hydrogen-bond acceptors (Lipinski definition) is 10. The lowest BCUT2D eigenvalue weighted by molar-refractivity contribution is -0.144. The molecule has 1 heterocycles. The zero-order valence-electron chi connectivity index (χ0n) is 30.4. The van der Waals surface area contributed by atoms with Gasteiger partial charge in [0, 0.05) is 44.0 Å². The van der Waals surface area contributed by atoms with E-state index in [1.54, 1.807) is 0 Å². The van der Waals surface area contributed by atoms with Crippen LogP contribution in [0.2, 0.25) is 0 Å². The molecule has 1 aliphatic heterocycles. The average Bonchev–Trinajstić information content (AvgIpc) is 3.11. The minimum absolute atomic E-state index is 0.0667. The predicted octanol–water partition coefficient (Wildman–Crippen LogP) is 1.27. The van der Waals surface area contributed by atoms with Gasteiger partial charge in [-0.25, -0.2) is 4.79 Å². The Morgan fingerprint density at radius 2 is 1.57 bits per heavy atom. The second-order valence-corrected chi connectivity index (χ2v) is 13.2. The largest absolute Gasteiger partial charge is 0.507 e. The van der Waals surface area contributed by atoms with Crippen molar-refractivity contribution in [3.63, 3.8) is 0 Å². The van der Waals surface area contributed by atoms with Crippen LogP contribution >= 0.6 is 0 Å². The molecular formula is C37H53N7O9. The molecule has 0 radical (unpaired) electrons. The van der Waals surface area contributed by atoms with E-state index in [1.165, 1.54) is 43.4 Å². The standard InChI is InChI=1S/C37H53N7O9/c1-3-4-5-6-7-11-30(47)40-18-16-31(48)41-26(10-8-9-17-38)36(51)44(2)32-23-13-15-29(46)25(21-23)24-19-22(12-14-28(24)45)20-27(37(52)53)42-35(50)33(39)43-34(32)49/h12-15,19,21,26-27,32-33,45-46H,3-11,16-18,20,38-39H2,1-2H3,(H,40,47)(H,41,48)(H,42,50)(H,43,49)(H,52,53)/t26-,27-,32-,33+/m0/s1. The number of phenols is 2. The van der Waals surface area contributed by atoms with Crippen LogP contribution in [0.4, 0.5) is 0 Å². The summed E-state index contributed by atoms with van der Waals surface area (Å²) in [5.74, 6) is -5.19. The molecule has 16 nitrogen and oxygen atoms in total. The van der Waals surface area contributed by atoms with Gasteiger partial charge < -0.3 is 53.0 Å². The number of likely N-dealkylation sites (N-methyl/N-ethyl adjacent to an activating group) is 1. The van der Waals surface area contributed by atoms with Crippen LogP contribution in [0, 0.1) is 0 Å². The van der Waals surface area contributed by atoms with Crippen LogP contribution in [0.25, 0.3) is 11.1 Å². The van der Waals surface area contributed by atoms with Crippen molar-refractivity contribution in [2.24, 2.45) is 11.5 Å². The van der Waals surface area contributed by atoms with Gasteiger partial charge in [0.05, 0.1) is 0 Å². The Balaban J connectivity index is 1.92. The maximum Gasteiger partial charge on any atom is 0.326 e. The first-order valence-electron chi connectivity index (χ1n) is 18.0. The highest BCUT2D eigenvalue weighted by atomic mass is 16.4. The van der Waals surface area contributed by atoms with Crippen LogP contribution in [-0.2, 0) is 35.2 Å². The molecule has 0 spiro atoms. The highest BCUT2D eigenvalue weighted by Gasteiger charge is 2.36. The third-order valence-electron chi connectivity index (χ3n) is 9.07. The quantitative estimate of drug-likeness (QED) is 0.104. The maximum absolute atomic E-state index is 14.2. The van der Waals surface area contributed by atoms with Crippen molar-refractivity contribution in [3.8, 4) is 22.6 Å². The monoisotopic (exact) mass is 739 g/mol. The summed E-state index contributed by atoms with van der Waals surface area (Å²) in [6.07, 6.45) is 4.48. The number of carboxylic acids is 1. The van der Waals surface area contributed by atoms with Crippen molar-refractivity contribution < 1.29 is 44.1 Å². The number of rotatable bonds is 17. The Labute approximate surface area is 309 Å². The van der Waals surface area contributed by atoms with Gasteiger partial charge in [0.15, 0.2) is 6.17 Å². The zero-order valence-corrected chi connectivity index (χ0v) is 30.4. The average molecular weight is 740 g/mol. The number of carbonyl (C=O) groups excluding carboxylic acids is 5. The fourth-order valence-corrected chi connectivity index (χ4v) is 6.09. The summed E-state index contributed by atoms with van der Waals surface area (Å²) in [4.78, 5) is 79.5. The number of aliphatic carboxylic acids is 1. The number of aromatic hydroxyl groups is 2. The summed E-state index contributed by atoms with van der Waals surface area (Å²) in [6.45, 7) is 2.52. The first kappa shape index (κ1) is 42.2. The van der Waals surface area contributed by atoms with Crippen molar-refractivity contribution in [2.75, 3.05) is 20.1 Å². The number of amides is 5. The van der Waals surface area contributed by atoms with Crippen molar-refractivity contribution in [1.82, 2.24) is 26.2 Å². The highest BCUT2D eigenvalue weighted by Crippen LogP contribution is 2.38. The number of carbonyl (C=O) groups is 6. The molecule has 0 aliphatic carbocycles. The summed E-state index contributed by atoms with van der Waals surface area (Å²) in [6, 6.07) is 4.21. The number of benzene rings is 2. The van der Waals surface area contributed by atoms with Gasteiger partial charge in [-0.15, -0.1) is 0 Å². The van der Waals surface area contributed by atoms with Crippen molar-refractivity contribution in [2.45, 2.75) is 102 Å². The molecule has 3 rings (SSSR count).